The lowest BCUT2D eigenvalue weighted by molar-refractivity contribution is 0.237. The number of phenolic OH excluding ortho intramolecular Hbond substituents is 1. The van der Waals surface area contributed by atoms with Crippen molar-refractivity contribution < 1.29 is 14.1 Å². The summed E-state index contributed by atoms with van der Waals surface area (Å²) in [7, 11) is -0.994. The van der Waals surface area contributed by atoms with Crippen LogP contribution in [0, 0.1) is 0 Å². The maximum absolute atomic E-state index is 11.9. The summed E-state index contributed by atoms with van der Waals surface area (Å²) in [6.07, 6.45) is 2.32. The molecule has 0 aliphatic heterocycles. The van der Waals surface area contributed by atoms with Crippen molar-refractivity contribution in [2.45, 2.75) is 30.8 Å². The van der Waals surface area contributed by atoms with Gasteiger partial charge in [-0.15, -0.1) is 0 Å². The van der Waals surface area contributed by atoms with E-state index in [0.717, 1.165) is 16.0 Å². The first-order chi connectivity index (χ1) is 11.4. The van der Waals surface area contributed by atoms with E-state index >= 15 is 0 Å². The third-order valence-electron chi connectivity index (χ3n) is 3.56. The fraction of sp³-hybridized carbons (Fsp3) is 0.278. The first kappa shape index (κ1) is 18.0. The minimum atomic E-state index is -0.994. The Hall–Kier alpha value is -2.34. The summed E-state index contributed by atoms with van der Waals surface area (Å²) in [5, 5.41) is 15.0. The predicted octanol–water partition coefficient (Wildman–Crippen LogP) is 2.56. The quantitative estimate of drug-likeness (QED) is 0.752. The van der Waals surface area contributed by atoms with Crippen LogP contribution in [-0.2, 0) is 23.8 Å². The number of amides is 2. The van der Waals surface area contributed by atoms with E-state index in [4.69, 9.17) is 0 Å². The molecule has 128 valence electrons. The Morgan fingerprint density at radius 2 is 1.67 bits per heavy atom. The molecule has 2 aromatic carbocycles. The minimum Gasteiger partial charge on any atom is -0.508 e. The molecule has 0 bridgehead atoms. The van der Waals surface area contributed by atoms with Gasteiger partial charge in [0.05, 0.1) is 0 Å². The second kappa shape index (κ2) is 8.49. The van der Waals surface area contributed by atoms with Gasteiger partial charge in [-0.25, -0.2) is 4.79 Å². The summed E-state index contributed by atoms with van der Waals surface area (Å²) in [5.41, 5.74) is 1.99. The van der Waals surface area contributed by atoms with Gasteiger partial charge in [-0.3, -0.25) is 4.21 Å². The summed E-state index contributed by atoms with van der Waals surface area (Å²) in [5.74, 6) is 0.232. The molecule has 2 amide bonds. The van der Waals surface area contributed by atoms with Gasteiger partial charge in [-0.2, -0.15) is 0 Å². The topological polar surface area (TPSA) is 78.4 Å². The maximum atomic E-state index is 11.9. The first-order valence-electron chi connectivity index (χ1n) is 7.68. The number of hydrogen-bond acceptors (Lipinski definition) is 3. The predicted molar refractivity (Wildman–Crippen MR) is 95.4 cm³/mol. The maximum Gasteiger partial charge on any atom is 0.315 e. The van der Waals surface area contributed by atoms with Gasteiger partial charge in [-0.05, 0) is 48.7 Å². The van der Waals surface area contributed by atoms with Crippen LogP contribution in [0.25, 0.3) is 0 Å². The van der Waals surface area contributed by atoms with E-state index < -0.39 is 10.8 Å². The van der Waals surface area contributed by atoms with Crippen molar-refractivity contribution in [2.75, 3.05) is 6.26 Å². The molecule has 0 heterocycles. The van der Waals surface area contributed by atoms with Crippen LogP contribution in [0.5, 0.6) is 5.75 Å². The number of aromatic hydroxyl groups is 1. The zero-order valence-corrected chi connectivity index (χ0v) is 14.6. The monoisotopic (exact) mass is 346 g/mol. The third kappa shape index (κ3) is 5.70. The van der Waals surface area contributed by atoms with Crippen LogP contribution in [0.1, 0.15) is 18.1 Å². The Morgan fingerprint density at radius 1 is 1.08 bits per heavy atom. The third-order valence-corrected chi connectivity index (χ3v) is 4.50. The molecule has 3 N–H and O–H groups in total. The van der Waals surface area contributed by atoms with Gasteiger partial charge < -0.3 is 15.7 Å². The Kier molecular flexibility index (Phi) is 6.37. The van der Waals surface area contributed by atoms with Gasteiger partial charge in [0.15, 0.2) is 0 Å². The smallest absolute Gasteiger partial charge is 0.315 e. The summed E-state index contributed by atoms with van der Waals surface area (Å²) in [4.78, 5) is 12.7. The lowest BCUT2D eigenvalue weighted by Gasteiger charge is -2.15. The second-order valence-corrected chi connectivity index (χ2v) is 7.08. The highest BCUT2D eigenvalue weighted by Crippen LogP contribution is 2.11. The van der Waals surface area contributed by atoms with Crippen molar-refractivity contribution in [3.05, 3.63) is 59.7 Å². The molecule has 2 aromatic rings. The molecular weight excluding hydrogens is 324 g/mol. The number of benzene rings is 2. The van der Waals surface area contributed by atoms with Gasteiger partial charge in [0.25, 0.3) is 0 Å². The van der Waals surface area contributed by atoms with Crippen molar-refractivity contribution in [1.82, 2.24) is 10.6 Å². The van der Waals surface area contributed by atoms with Crippen molar-refractivity contribution in [1.29, 1.82) is 0 Å². The molecule has 0 aliphatic carbocycles. The molecule has 24 heavy (non-hydrogen) atoms. The molecule has 0 aromatic heterocycles. The highest BCUT2D eigenvalue weighted by Gasteiger charge is 2.08. The summed E-state index contributed by atoms with van der Waals surface area (Å²) in [6, 6.07) is 14.0. The molecule has 5 nitrogen and oxygen atoms in total. The number of phenols is 1. The number of rotatable bonds is 6. The SMILES string of the molecule is C[C@H](Cc1ccc(O)cc1)NC(=O)NCc1ccc([S@@](C)=O)cc1. The van der Waals surface area contributed by atoms with E-state index in [1.807, 2.05) is 31.2 Å². The van der Waals surface area contributed by atoms with E-state index in [1.165, 1.54) is 0 Å². The highest BCUT2D eigenvalue weighted by molar-refractivity contribution is 7.84. The normalized spacial score (nSPS) is 13.1. The highest BCUT2D eigenvalue weighted by atomic mass is 32.2. The van der Waals surface area contributed by atoms with Crippen molar-refractivity contribution in [3.8, 4) is 5.75 Å². The van der Waals surface area contributed by atoms with E-state index in [1.54, 1.807) is 30.5 Å². The van der Waals surface area contributed by atoms with Crippen LogP contribution in [0.4, 0.5) is 4.79 Å². The number of urea groups is 1. The average molecular weight is 346 g/mol. The Balaban J connectivity index is 1.77. The van der Waals surface area contributed by atoms with Gasteiger partial charge in [0, 0.05) is 34.5 Å². The molecule has 2 rings (SSSR count). The van der Waals surface area contributed by atoms with Crippen LogP contribution < -0.4 is 10.6 Å². The number of carbonyl (C=O) groups is 1. The molecule has 0 fully saturated rings. The van der Waals surface area contributed by atoms with E-state index in [9.17, 15) is 14.1 Å². The molecular formula is C18H22N2O3S. The molecule has 0 spiro atoms. The summed E-state index contributed by atoms with van der Waals surface area (Å²) in [6.45, 7) is 2.34. The number of carbonyl (C=O) groups excluding carboxylic acids is 1. The van der Waals surface area contributed by atoms with E-state index in [-0.39, 0.29) is 17.8 Å². The van der Waals surface area contributed by atoms with Gasteiger partial charge >= 0.3 is 6.03 Å². The molecule has 0 saturated carbocycles. The lowest BCUT2D eigenvalue weighted by Crippen LogP contribution is -2.41. The fourth-order valence-corrected chi connectivity index (χ4v) is 2.81. The molecule has 0 saturated heterocycles. The molecule has 0 aliphatic rings. The number of hydrogen-bond donors (Lipinski definition) is 3. The van der Waals surface area contributed by atoms with Crippen LogP contribution >= 0.6 is 0 Å². The fourth-order valence-electron chi connectivity index (χ4n) is 2.29. The van der Waals surface area contributed by atoms with Crippen molar-refractivity contribution in [2.24, 2.45) is 0 Å². The Morgan fingerprint density at radius 3 is 2.25 bits per heavy atom. The Labute approximate surface area is 144 Å². The standard InChI is InChI=1S/C18H22N2O3S/c1-13(11-14-3-7-16(21)8-4-14)20-18(22)19-12-15-5-9-17(10-6-15)24(2)23/h3-10,13,21H,11-12H2,1-2H3,(H2,19,20,22)/t13-,24-/m1/s1. The summed E-state index contributed by atoms with van der Waals surface area (Å²) >= 11 is 0. The van der Waals surface area contributed by atoms with Gasteiger partial charge in [0.2, 0.25) is 0 Å². The van der Waals surface area contributed by atoms with Crippen LogP contribution in [-0.4, -0.2) is 27.6 Å². The number of nitrogens with one attached hydrogen (secondary N) is 2. The zero-order chi connectivity index (χ0) is 17.5. The van der Waals surface area contributed by atoms with Gasteiger partial charge in [0.1, 0.15) is 5.75 Å². The Bertz CT molecular complexity index is 699. The minimum absolute atomic E-state index is 0.0283. The van der Waals surface area contributed by atoms with Gasteiger partial charge in [-0.1, -0.05) is 24.3 Å². The zero-order valence-electron chi connectivity index (χ0n) is 13.8. The second-order valence-electron chi connectivity index (χ2n) is 5.70. The molecule has 6 heteroatoms. The molecule has 2 atom stereocenters. The molecule has 0 unspecified atom stereocenters. The van der Waals surface area contributed by atoms with Crippen LogP contribution in [0.2, 0.25) is 0 Å². The molecule has 0 radical (unpaired) electrons. The largest absolute Gasteiger partial charge is 0.508 e. The van der Waals surface area contributed by atoms with Crippen molar-refractivity contribution >= 4 is 16.8 Å². The first-order valence-corrected chi connectivity index (χ1v) is 9.24. The van der Waals surface area contributed by atoms with Crippen molar-refractivity contribution in [3.63, 3.8) is 0 Å². The van der Waals surface area contributed by atoms with Crippen LogP contribution in [0.3, 0.4) is 0 Å². The average Bonchev–Trinajstić information content (AvgIpc) is 2.55. The van der Waals surface area contributed by atoms with E-state index in [0.29, 0.717) is 13.0 Å². The van der Waals surface area contributed by atoms with E-state index in [2.05, 4.69) is 10.6 Å². The van der Waals surface area contributed by atoms with Crippen LogP contribution in [0.15, 0.2) is 53.4 Å². The summed E-state index contributed by atoms with van der Waals surface area (Å²) < 4.78 is 11.3. The lowest BCUT2D eigenvalue weighted by atomic mass is 10.1.